The lowest BCUT2D eigenvalue weighted by atomic mass is 9.81. The van der Waals surface area contributed by atoms with Crippen LogP contribution in [0.25, 0.3) is 0 Å². The molecule has 21 heavy (non-hydrogen) atoms. The minimum absolute atomic E-state index is 0.0326. The van der Waals surface area contributed by atoms with E-state index >= 15 is 0 Å². The second-order valence-corrected chi connectivity index (χ2v) is 6.66. The molecule has 120 valence electrons. The summed E-state index contributed by atoms with van der Waals surface area (Å²) in [5.74, 6) is 1.75. The molecule has 2 rings (SSSR count). The van der Waals surface area contributed by atoms with Crippen molar-refractivity contribution in [2.45, 2.75) is 45.4 Å². The van der Waals surface area contributed by atoms with E-state index < -0.39 is 0 Å². The Kier molecular flexibility index (Phi) is 6.03. The van der Waals surface area contributed by atoms with Crippen LogP contribution in [-0.4, -0.2) is 42.9 Å². The summed E-state index contributed by atoms with van der Waals surface area (Å²) in [6, 6.07) is 0. The number of carbonyl (C=O) groups is 2. The maximum atomic E-state index is 12.5. The molecular weight excluding hydrogens is 266 g/mol. The summed E-state index contributed by atoms with van der Waals surface area (Å²) in [6.07, 6.45) is 6.23. The van der Waals surface area contributed by atoms with Gasteiger partial charge in [-0.15, -0.1) is 0 Å². The van der Waals surface area contributed by atoms with Crippen LogP contribution in [0.4, 0.5) is 0 Å². The maximum absolute atomic E-state index is 12.5. The van der Waals surface area contributed by atoms with Crippen LogP contribution in [0, 0.1) is 17.8 Å². The van der Waals surface area contributed by atoms with Gasteiger partial charge >= 0.3 is 0 Å². The fourth-order valence-corrected chi connectivity index (χ4v) is 3.55. The van der Waals surface area contributed by atoms with Crippen LogP contribution in [0.3, 0.4) is 0 Å². The molecule has 2 aliphatic rings. The highest BCUT2D eigenvalue weighted by molar-refractivity contribution is 5.79. The predicted molar refractivity (Wildman–Crippen MR) is 82.5 cm³/mol. The molecule has 1 heterocycles. The van der Waals surface area contributed by atoms with Crippen LogP contribution in [0.15, 0.2) is 0 Å². The van der Waals surface area contributed by atoms with Gasteiger partial charge in [-0.25, -0.2) is 0 Å². The molecule has 1 saturated heterocycles. The number of rotatable bonds is 4. The number of hydrogen-bond donors (Lipinski definition) is 2. The van der Waals surface area contributed by atoms with Crippen molar-refractivity contribution in [2.24, 2.45) is 23.5 Å². The van der Waals surface area contributed by atoms with E-state index in [0.29, 0.717) is 17.7 Å². The minimum atomic E-state index is 0.0326. The third kappa shape index (κ3) is 4.70. The van der Waals surface area contributed by atoms with E-state index in [1.807, 2.05) is 4.90 Å². The van der Waals surface area contributed by atoms with Gasteiger partial charge in [-0.3, -0.25) is 9.59 Å². The third-order valence-electron chi connectivity index (χ3n) is 5.10. The Labute approximate surface area is 127 Å². The van der Waals surface area contributed by atoms with Crippen LogP contribution in [0.5, 0.6) is 0 Å². The fourth-order valence-electron chi connectivity index (χ4n) is 3.55. The largest absolute Gasteiger partial charge is 0.356 e. The van der Waals surface area contributed by atoms with Gasteiger partial charge in [-0.2, -0.15) is 0 Å². The van der Waals surface area contributed by atoms with Crippen LogP contribution in [0.2, 0.25) is 0 Å². The second-order valence-electron chi connectivity index (χ2n) is 6.66. The first-order chi connectivity index (χ1) is 10.1. The first kappa shape index (κ1) is 16.3. The normalized spacial score (nSPS) is 27.4. The highest BCUT2D eigenvalue weighted by atomic mass is 16.2. The van der Waals surface area contributed by atoms with Crippen molar-refractivity contribution in [2.75, 3.05) is 26.2 Å². The molecule has 0 spiro atoms. The van der Waals surface area contributed by atoms with E-state index in [-0.39, 0.29) is 11.8 Å². The van der Waals surface area contributed by atoms with Gasteiger partial charge in [0.2, 0.25) is 11.8 Å². The molecule has 0 unspecified atom stereocenters. The van der Waals surface area contributed by atoms with E-state index in [1.54, 1.807) is 6.92 Å². The molecule has 0 radical (unpaired) electrons. The summed E-state index contributed by atoms with van der Waals surface area (Å²) in [4.78, 5) is 25.5. The van der Waals surface area contributed by atoms with E-state index in [4.69, 9.17) is 5.73 Å². The lowest BCUT2D eigenvalue weighted by Gasteiger charge is -2.36. The average molecular weight is 295 g/mol. The van der Waals surface area contributed by atoms with Gasteiger partial charge in [0, 0.05) is 32.5 Å². The lowest BCUT2D eigenvalue weighted by molar-refractivity contribution is -0.138. The first-order valence-corrected chi connectivity index (χ1v) is 8.33. The molecule has 1 aliphatic carbocycles. The van der Waals surface area contributed by atoms with Gasteiger partial charge in [0.05, 0.1) is 0 Å². The standard InChI is InChI=1S/C16H29N3O2/c1-12(20)18-11-14-6-8-19(9-7-14)16(21)15-4-2-13(10-17)3-5-15/h13-15H,2-11,17H2,1H3,(H,18,20). The molecular formula is C16H29N3O2. The second kappa shape index (κ2) is 7.78. The zero-order valence-electron chi connectivity index (χ0n) is 13.1. The SMILES string of the molecule is CC(=O)NCC1CCN(C(=O)C2CCC(CN)CC2)CC1. The van der Waals surface area contributed by atoms with Crippen molar-refractivity contribution >= 4 is 11.8 Å². The maximum Gasteiger partial charge on any atom is 0.225 e. The minimum Gasteiger partial charge on any atom is -0.356 e. The summed E-state index contributed by atoms with van der Waals surface area (Å²) >= 11 is 0. The number of piperidine rings is 1. The van der Waals surface area contributed by atoms with Gasteiger partial charge in [-0.1, -0.05) is 0 Å². The fraction of sp³-hybridized carbons (Fsp3) is 0.875. The summed E-state index contributed by atoms with van der Waals surface area (Å²) in [7, 11) is 0. The zero-order valence-corrected chi connectivity index (χ0v) is 13.1. The Balaban J connectivity index is 1.72. The molecule has 2 amide bonds. The third-order valence-corrected chi connectivity index (χ3v) is 5.10. The van der Waals surface area contributed by atoms with Crippen molar-refractivity contribution in [1.82, 2.24) is 10.2 Å². The predicted octanol–water partition coefficient (Wildman–Crippen LogP) is 1.13. The number of carbonyl (C=O) groups excluding carboxylic acids is 2. The molecule has 0 aromatic heterocycles. The lowest BCUT2D eigenvalue weighted by Crippen LogP contribution is -2.44. The quantitative estimate of drug-likeness (QED) is 0.816. The molecule has 3 N–H and O–H groups in total. The highest BCUT2D eigenvalue weighted by Gasteiger charge is 2.31. The number of hydrogen-bond acceptors (Lipinski definition) is 3. The molecule has 5 heteroatoms. The zero-order chi connectivity index (χ0) is 15.2. The van der Waals surface area contributed by atoms with E-state index in [9.17, 15) is 9.59 Å². The van der Waals surface area contributed by atoms with Crippen molar-refractivity contribution < 1.29 is 9.59 Å². The molecule has 0 aromatic carbocycles. The van der Waals surface area contributed by atoms with Crippen molar-refractivity contribution in [3.63, 3.8) is 0 Å². The summed E-state index contributed by atoms with van der Waals surface area (Å²) < 4.78 is 0. The molecule has 2 fully saturated rings. The molecule has 1 aliphatic heterocycles. The van der Waals surface area contributed by atoms with Crippen LogP contribution in [0.1, 0.15) is 45.4 Å². The average Bonchev–Trinajstić information content (AvgIpc) is 2.53. The molecule has 5 nitrogen and oxygen atoms in total. The van der Waals surface area contributed by atoms with Gasteiger partial charge in [0.15, 0.2) is 0 Å². The van der Waals surface area contributed by atoms with Crippen molar-refractivity contribution in [1.29, 1.82) is 0 Å². The molecule has 0 bridgehead atoms. The molecule has 0 atom stereocenters. The van der Waals surface area contributed by atoms with E-state index in [0.717, 1.165) is 64.7 Å². The van der Waals surface area contributed by atoms with Gasteiger partial charge < -0.3 is 16.0 Å². The Morgan fingerprint density at radius 2 is 1.67 bits per heavy atom. The molecule has 0 aromatic rings. The van der Waals surface area contributed by atoms with Crippen LogP contribution >= 0.6 is 0 Å². The smallest absolute Gasteiger partial charge is 0.225 e. The Morgan fingerprint density at radius 3 is 2.19 bits per heavy atom. The van der Waals surface area contributed by atoms with E-state index in [2.05, 4.69) is 5.32 Å². The van der Waals surface area contributed by atoms with Gasteiger partial charge in [-0.05, 0) is 56.9 Å². The number of nitrogens with one attached hydrogen (secondary N) is 1. The van der Waals surface area contributed by atoms with Crippen LogP contribution < -0.4 is 11.1 Å². The number of likely N-dealkylation sites (tertiary alicyclic amines) is 1. The van der Waals surface area contributed by atoms with Gasteiger partial charge in [0.1, 0.15) is 0 Å². The molecule has 1 saturated carbocycles. The Hall–Kier alpha value is -1.10. The monoisotopic (exact) mass is 295 g/mol. The van der Waals surface area contributed by atoms with E-state index in [1.165, 1.54) is 0 Å². The van der Waals surface area contributed by atoms with Crippen LogP contribution in [-0.2, 0) is 9.59 Å². The summed E-state index contributed by atoms with van der Waals surface area (Å²) in [5.41, 5.74) is 5.71. The van der Waals surface area contributed by atoms with Gasteiger partial charge in [0.25, 0.3) is 0 Å². The van der Waals surface area contributed by atoms with Crippen molar-refractivity contribution in [3.05, 3.63) is 0 Å². The highest BCUT2D eigenvalue weighted by Crippen LogP contribution is 2.30. The number of nitrogens with two attached hydrogens (primary N) is 1. The summed E-state index contributed by atoms with van der Waals surface area (Å²) in [5, 5.41) is 2.88. The van der Waals surface area contributed by atoms with Crippen molar-refractivity contribution in [3.8, 4) is 0 Å². The number of amides is 2. The Morgan fingerprint density at radius 1 is 1.05 bits per heavy atom. The number of nitrogens with zero attached hydrogens (tertiary/aromatic N) is 1. The first-order valence-electron chi connectivity index (χ1n) is 8.33. The topological polar surface area (TPSA) is 75.4 Å². The summed E-state index contributed by atoms with van der Waals surface area (Å²) in [6.45, 7) is 4.75. The Bertz CT molecular complexity index is 357.